The van der Waals surface area contributed by atoms with E-state index in [2.05, 4.69) is 6.07 Å². The van der Waals surface area contributed by atoms with Crippen LogP contribution in [-0.4, -0.2) is 23.4 Å². The van der Waals surface area contributed by atoms with Crippen LogP contribution in [0.4, 0.5) is 0 Å². The highest BCUT2D eigenvalue weighted by molar-refractivity contribution is 6.31. The van der Waals surface area contributed by atoms with Gasteiger partial charge in [-0.1, -0.05) is 42.6 Å². The van der Waals surface area contributed by atoms with Crippen molar-refractivity contribution in [1.82, 2.24) is 0 Å². The Hall–Kier alpha value is -0.570. The number of ether oxygens (including phenoxy) is 1. The Morgan fingerprint density at radius 3 is 2.71 bits per heavy atom. The van der Waals surface area contributed by atoms with Crippen molar-refractivity contribution in [2.75, 3.05) is 6.61 Å². The molecular formula is C18H25ClO2. The average Bonchev–Trinajstić information content (AvgIpc) is 3.11. The van der Waals surface area contributed by atoms with Gasteiger partial charge in [-0.3, -0.25) is 0 Å². The largest absolute Gasteiger partial charge is 0.396 e. The second-order valence-corrected chi connectivity index (χ2v) is 7.16. The zero-order valence-corrected chi connectivity index (χ0v) is 13.3. The number of hydrogen-bond acceptors (Lipinski definition) is 2. The number of halogens is 1. The maximum atomic E-state index is 9.70. The summed E-state index contributed by atoms with van der Waals surface area (Å²) >= 11 is 6.23. The van der Waals surface area contributed by atoms with Gasteiger partial charge in [-0.05, 0) is 56.1 Å². The van der Waals surface area contributed by atoms with Crippen molar-refractivity contribution in [3.63, 3.8) is 0 Å². The zero-order chi connectivity index (χ0) is 14.7. The van der Waals surface area contributed by atoms with Crippen molar-refractivity contribution in [2.24, 2.45) is 5.92 Å². The number of hydrogen-bond donors (Lipinski definition) is 1. The van der Waals surface area contributed by atoms with Crippen LogP contribution < -0.4 is 0 Å². The van der Waals surface area contributed by atoms with Gasteiger partial charge in [0.2, 0.25) is 0 Å². The Balaban J connectivity index is 1.57. The maximum absolute atomic E-state index is 9.70. The molecule has 1 N–H and O–H groups in total. The molecule has 2 nitrogen and oxygen atoms in total. The highest BCUT2D eigenvalue weighted by Crippen LogP contribution is 2.44. The molecule has 0 aromatic heterocycles. The Labute approximate surface area is 132 Å². The van der Waals surface area contributed by atoms with Crippen LogP contribution in [0.3, 0.4) is 0 Å². The van der Waals surface area contributed by atoms with E-state index in [0.717, 1.165) is 29.8 Å². The molecule has 1 heterocycles. The summed E-state index contributed by atoms with van der Waals surface area (Å²) in [7, 11) is 0. The summed E-state index contributed by atoms with van der Waals surface area (Å²) in [4.78, 5) is 0. The minimum absolute atomic E-state index is 0.190. The van der Waals surface area contributed by atoms with Crippen LogP contribution in [0.25, 0.3) is 0 Å². The summed E-state index contributed by atoms with van der Waals surface area (Å²) in [6.45, 7) is 0.206. The molecule has 1 spiro atoms. The van der Waals surface area contributed by atoms with Gasteiger partial charge in [0, 0.05) is 11.6 Å². The van der Waals surface area contributed by atoms with Crippen molar-refractivity contribution in [1.29, 1.82) is 0 Å². The Morgan fingerprint density at radius 2 is 2.00 bits per heavy atom. The van der Waals surface area contributed by atoms with E-state index in [1.807, 2.05) is 18.2 Å². The molecule has 116 valence electrons. The molecule has 1 aromatic rings. The van der Waals surface area contributed by atoms with E-state index in [1.54, 1.807) is 0 Å². The van der Waals surface area contributed by atoms with E-state index in [4.69, 9.17) is 16.3 Å². The van der Waals surface area contributed by atoms with Crippen LogP contribution in [0.5, 0.6) is 0 Å². The molecule has 2 unspecified atom stereocenters. The second kappa shape index (κ2) is 6.68. The van der Waals surface area contributed by atoms with E-state index in [0.29, 0.717) is 6.10 Å². The summed E-state index contributed by atoms with van der Waals surface area (Å²) in [5.74, 6) is 0.242. The van der Waals surface area contributed by atoms with Crippen molar-refractivity contribution in [2.45, 2.75) is 63.1 Å². The third kappa shape index (κ3) is 3.61. The zero-order valence-electron chi connectivity index (χ0n) is 12.6. The first-order valence-electron chi connectivity index (χ1n) is 8.23. The molecule has 3 rings (SSSR count). The molecule has 3 heteroatoms. The van der Waals surface area contributed by atoms with Gasteiger partial charge in [0.25, 0.3) is 0 Å². The van der Waals surface area contributed by atoms with Crippen LogP contribution in [-0.2, 0) is 11.2 Å². The smallest absolute Gasteiger partial charge is 0.0687 e. The van der Waals surface area contributed by atoms with E-state index in [-0.39, 0.29) is 18.1 Å². The first kappa shape index (κ1) is 15.3. The van der Waals surface area contributed by atoms with Gasteiger partial charge in [-0.2, -0.15) is 0 Å². The van der Waals surface area contributed by atoms with Gasteiger partial charge in [0.05, 0.1) is 11.7 Å². The first-order valence-corrected chi connectivity index (χ1v) is 8.61. The summed E-state index contributed by atoms with van der Waals surface area (Å²) in [5.41, 5.74) is 1.32. The van der Waals surface area contributed by atoms with Gasteiger partial charge in [0.1, 0.15) is 0 Å². The highest BCUT2D eigenvalue weighted by Gasteiger charge is 2.42. The van der Waals surface area contributed by atoms with Crippen molar-refractivity contribution < 1.29 is 9.84 Å². The number of aliphatic hydroxyl groups is 1. The predicted octanol–water partition coefficient (Wildman–Crippen LogP) is 4.37. The number of benzene rings is 1. The van der Waals surface area contributed by atoms with Crippen molar-refractivity contribution >= 4 is 11.6 Å². The molecule has 1 aromatic carbocycles. The molecule has 0 amide bonds. The fourth-order valence-corrected chi connectivity index (χ4v) is 4.23. The average molecular weight is 309 g/mol. The van der Waals surface area contributed by atoms with Crippen LogP contribution in [0.1, 0.15) is 50.5 Å². The molecular weight excluding hydrogens is 284 g/mol. The molecule has 0 radical (unpaired) electrons. The molecule has 2 aliphatic rings. The third-order valence-electron chi connectivity index (χ3n) is 5.17. The fourth-order valence-electron chi connectivity index (χ4n) is 4.02. The highest BCUT2D eigenvalue weighted by atomic mass is 35.5. The number of aliphatic hydroxyl groups excluding tert-OH is 1. The molecule has 1 aliphatic heterocycles. The van der Waals surface area contributed by atoms with Gasteiger partial charge < -0.3 is 9.84 Å². The summed E-state index contributed by atoms with van der Waals surface area (Å²) in [6, 6.07) is 7.93. The third-order valence-corrected chi connectivity index (χ3v) is 5.54. The van der Waals surface area contributed by atoms with Gasteiger partial charge in [-0.15, -0.1) is 0 Å². The molecule has 21 heavy (non-hydrogen) atoms. The van der Waals surface area contributed by atoms with Gasteiger partial charge in [0.15, 0.2) is 0 Å². The summed E-state index contributed by atoms with van der Waals surface area (Å²) in [6.07, 6.45) is 9.57. The Bertz CT molecular complexity index is 468. The first-order chi connectivity index (χ1) is 10.2. The Morgan fingerprint density at radius 1 is 1.24 bits per heavy atom. The summed E-state index contributed by atoms with van der Waals surface area (Å²) < 4.78 is 6.37. The quantitative estimate of drug-likeness (QED) is 0.875. The van der Waals surface area contributed by atoms with E-state index < -0.39 is 0 Å². The van der Waals surface area contributed by atoms with E-state index in [1.165, 1.54) is 32.1 Å². The van der Waals surface area contributed by atoms with Crippen molar-refractivity contribution in [3.05, 3.63) is 34.9 Å². The van der Waals surface area contributed by atoms with E-state index >= 15 is 0 Å². The predicted molar refractivity (Wildman–Crippen MR) is 85.7 cm³/mol. The van der Waals surface area contributed by atoms with Crippen LogP contribution in [0.2, 0.25) is 5.02 Å². The Kier molecular flexibility index (Phi) is 4.88. The maximum Gasteiger partial charge on any atom is 0.0687 e. The lowest BCUT2D eigenvalue weighted by molar-refractivity contribution is -0.0466. The SMILES string of the molecule is OCC(Cc1ccccc1Cl)CC1CCC2(CCCC2)O1. The van der Waals surface area contributed by atoms with Crippen LogP contribution in [0, 0.1) is 5.92 Å². The molecule has 1 saturated carbocycles. The van der Waals surface area contributed by atoms with Crippen molar-refractivity contribution in [3.8, 4) is 0 Å². The molecule has 1 aliphatic carbocycles. The summed E-state index contributed by atoms with van der Waals surface area (Å²) in [5, 5.41) is 10.5. The second-order valence-electron chi connectivity index (χ2n) is 6.75. The lowest BCUT2D eigenvalue weighted by Crippen LogP contribution is -2.26. The van der Waals surface area contributed by atoms with Crippen LogP contribution in [0.15, 0.2) is 24.3 Å². The minimum atomic E-state index is 0.190. The number of rotatable bonds is 5. The lowest BCUT2D eigenvalue weighted by Gasteiger charge is -2.25. The van der Waals surface area contributed by atoms with Gasteiger partial charge in [-0.25, -0.2) is 0 Å². The molecule has 0 bridgehead atoms. The minimum Gasteiger partial charge on any atom is -0.396 e. The molecule has 1 saturated heterocycles. The lowest BCUT2D eigenvalue weighted by atomic mass is 9.92. The topological polar surface area (TPSA) is 29.5 Å². The normalized spacial score (nSPS) is 25.5. The van der Waals surface area contributed by atoms with Crippen LogP contribution >= 0.6 is 11.6 Å². The van der Waals surface area contributed by atoms with Gasteiger partial charge >= 0.3 is 0 Å². The molecule has 2 fully saturated rings. The molecule has 2 atom stereocenters. The van der Waals surface area contributed by atoms with E-state index in [9.17, 15) is 5.11 Å². The standard InChI is InChI=1S/C18H25ClO2/c19-17-6-2-1-5-15(17)11-14(13-20)12-16-7-10-18(21-16)8-3-4-9-18/h1-2,5-6,14,16,20H,3-4,7-13H2. The fraction of sp³-hybridized carbons (Fsp3) is 0.667. The monoisotopic (exact) mass is 308 g/mol.